The molecule has 0 saturated carbocycles. The topological polar surface area (TPSA) is 114 Å². The molecule has 146 valence electrons. The molecule has 3 atom stereocenters. The van der Waals surface area contributed by atoms with E-state index in [-0.39, 0.29) is 0 Å². The summed E-state index contributed by atoms with van der Waals surface area (Å²) in [6.45, 7) is 0. The van der Waals surface area contributed by atoms with Gasteiger partial charge in [-0.15, -0.1) is 0 Å². The number of rotatable bonds is 5. The fraction of sp³-hybridized carbons (Fsp3) is 0.444. The van der Waals surface area contributed by atoms with Gasteiger partial charge in [0, 0.05) is 0 Å². The molecule has 9 heteroatoms. The summed E-state index contributed by atoms with van der Waals surface area (Å²) in [5.41, 5.74) is -2.06. The zero-order valence-electron chi connectivity index (χ0n) is 15.3. The van der Waals surface area contributed by atoms with E-state index in [1.165, 1.54) is 0 Å². The lowest BCUT2D eigenvalue weighted by Crippen LogP contribution is -2.56. The fourth-order valence-electron chi connectivity index (χ4n) is 3.26. The van der Waals surface area contributed by atoms with E-state index in [9.17, 15) is 19.2 Å². The van der Waals surface area contributed by atoms with E-state index in [1.54, 1.807) is 30.3 Å². The minimum atomic E-state index is -2.52. The van der Waals surface area contributed by atoms with E-state index in [1.807, 2.05) is 0 Å². The van der Waals surface area contributed by atoms with E-state index in [0.717, 1.165) is 28.4 Å². The Hall–Kier alpha value is -2.94. The third-order valence-electron chi connectivity index (χ3n) is 4.47. The molecule has 2 rings (SSSR count). The van der Waals surface area contributed by atoms with Gasteiger partial charge in [0.25, 0.3) is 5.60 Å². The van der Waals surface area contributed by atoms with Gasteiger partial charge < -0.3 is 23.7 Å². The molecule has 0 aliphatic carbocycles. The molecule has 1 aromatic rings. The molecular formula is C18H20O9. The van der Waals surface area contributed by atoms with Crippen molar-refractivity contribution in [2.24, 2.45) is 11.8 Å². The number of carbonyl (C=O) groups excluding carboxylic acids is 4. The van der Waals surface area contributed by atoms with Crippen molar-refractivity contribution in [3.05, 3.63) is 35.9 Å². The summed E-state index contributed by atoms with van der Waals surface area (Å²) in [5.74, 6) is -7.24. The maximum Gasteiger partial charge on any atom is 0.351 e. The first-order valence-corrected chi connectivity index (χ1v) is 7.94. The standard InChI is InChI=1S/C18H20O9/c1-23-14(19)11-12(15(20)24-2)18(16(21)25-3,17(22)26-4)27-13(11)10-8-6-5-7-9-10/h5-9,11-13H,1-4H3/t11-,12-,13-/m0/s1. The highest BCUT2D eigenvalue weighted by Gasteiger charge is 2.71. The molecule has 0 bridgehead atoms. The highest BCUT2D eigenvalue weighted by atomic mass is 16.6. The third kappa shape index (κ3) is 3.25. The van der Waals surface area contributed by atoms with Crippen LogP contribution in [0.25, 0.3) is 0 Å². The summed E-state index contributed by atoms with van der Waals surface area (Å²) in [7, 11) is 4.22. The lowest BCUT2D eigenvalue weighted by atomic mass is 9.77. The van der Waals surface area contributed by atoms with Crippen LogP contribution in [0.5, 0.6) is 0 Å². The highest BCUT2D eigenvalue weighted by molar-refractivity contribution is 6.09. The first-order valence-electron chi connectivity index (χ1n) is 7.94. The molecule has 0 amide bonds. The summed E-state index contributed by atoms with van der Waals surface area (Å²) in [6.07, 6.45) is -1.15. The van der Waals surface area contributed by atoms with Gasteiger partial charge in [0.2, 0.25) is 0 Å². The Kier molecular flexibility index (Phi) is 6.17. The number of ether oxygens (including phenoxy) is 5. The van der Waals surface area contributed by atoms with Gasteiger partial charge in [0.1, 0.15) is 11.8 Å². The average molecular weight is 380 g/mol. The number of hydrogen-bond donors (Lipinski definition) is 0. The molecule has 1 aliphatic heterocycles. The fourth-order valence-corrected chi connectivity index (χ4v) is 3.26. The molecule has 1 saturated heterocycles. The summed E-state index contributed by atoms with van der Waals surface area (Å²) in [4.78, 5) is 50.3. The van der Waals surface area contributed by atoms with Gasteiger partial charge in [-0.25, -0.2) is 9.59 Å². The van der Waals surface area contributed by atoms with E-state index in [2.05, 4.69) is 0 Å². The number of carbonyl (C=O) groups is 4. The molecule has 0 aromatic heterocycles. The second-order valence-corrected chi connectivity index (χ2v) is 5.72. The van der Waals surface area contributed by atoms with Crippen molar-refractivity contribution in [2.45, 2.75) is 11.7 Å². The predicted molar refractivity (Wildman–Crippen MR) is 88.0 cm³/mol. The second-order valence-electron chi connectivity index (χ2n) is 5.72. The SMILES string of the molecule is COC(=O)[C@H]1[C@@H](C(=O)OC)C(C(=O)OC)(C(=O)OC)O[C@H]1c1ccccc1. The monoisotopic (exact) mass is 380 g/mol. The molecule has 0 radical (unpaired) electrons. The molecule has 1 aromatic carbocycles. The molecule has 0 unspecified atom stereocenters. The molecule has 0 N–H and O–H groups in total. The molecule has 1 aliphatic rings. The maximum absolute atomic E-state index is 12.6. The molecule has 27 heavy (non-hydrogen) atoms. The van der Waals surface area contributed by atoms with Crippen molar-refractivity contribution in [3.8, 4) is 0 Å². The molecule has 1 heterocycles. The lowest BCUT2D eigenvalue weighted by Gasteiger charge is -2.27. The Morgan fingerprint density at radius 3 is 1.78 bits per heavy atom. The van der Waals surface area contributed by atoms with Crippen LogP contribution in [-0.2, 0) is 42.9 Å². The minimum Gasteiger partial charge on any atom is -0.469 e. The summed E-state index contributed by atoms with van der Waals surface area (Å²) < 4.78 is 24.7. The Bertz CT molecular complexity index is 712. The van der Waals surface area contributed by atoms with Crippen LogP contribution in [0.15, 0.2) is 30.3 Å². The van der Waals surface area contributed by atoms with Crippen molar-refractivity contribution in [1.29, 1.82) is 0 Å². The normalized spacial score (nSPS) is 23.2. The summed E-state index contributed by atoms with van der Waals surface area (Å²) in [5, 5.41) is 0. The van der Waals surface area contributed by atoms with Crippen molar-refractivity contribution in [2.75, 3.05) is 28.4 Å². The van der Waals surface area contributed by atoms with Crippen LogP contribution >= 0.6 is 0 Å². The van der Waals surface area contributed by atoms with Crippen molar-refractivity contribution >= 4 is 23.9 Å². The lowest BCUT2D eigenvalue weighted by molar-refractivity contribution is -0.194. The quantitative estimate of drug-likeness (QED) is 0.407. The van der Waals surface area contributed by atoms with Crippen LogP contribution in [0.4, 0.5) is 0 Å². The first kappa shape index (κ1) is 20.4. The summed E-state index contributed by atoms with van der Waals surface area (Å²) >= 11 is 0. The van der Waals surface area contributed by atoms with Crippen LogP contribution in [0.1, 0.15) is 11.7 Å². The second kappa shape index (κ2) is 8.17. The Morgan fingerprint density at radius 2 is 1.33 bits per heavy atom. The number of methoxy groups -OCH3 is 4. The van der Waals surface area contributed by atoms with Gasteiger partial charge in [-0.1, -0.05) is 30.3 Å². The largest absolute Gasteiger partial charge is 0.469 e. The van der Waals surface area contributed by atoms with Crippen LogP contribution in [0, 0.1) is 11.8 Å². The van der Waals surface area contributed by atoms with Crippen molar-refractivity contribution in [3.63, 3.8) is 0 Å². The van der Waals surface area contributed by atoms with E-state index < -0.39 is 47.4 Å². The number of esters is 4. The Labute approximate surface area is 155 Å². The van der Waals surface area contributed by atoms with Crippen LogP contribution in [0.3, 0.4) is 0 Å². The number of hydrogen-bond acceptors (Lipinski definition) is 9. The first-order chi connectivity index (χ1) is 12.9. The molecular weight excluding hydrogens is 360 g/mol. The average Bonchev–Trinajstić information content (AvgIpc) is 3.09. The maximum atomic E-state index is 12.6. The van der Waals surface area contributed by atoms with Crippen molar-refractivity contribution in [1.82, 2.24) is 0 Å². The zero-order chi connectivity index (χ0) is 20.2. The summed E-state index contributed by atoms with van der Waals surface area (Å²) in [6, 6.07) is 8.34. The van der Waals surface area contributed by atoms with Gasteiger partial charge in [-0.3, -0.25) is 9.59 Å². The Morgan fingerprint density at radius 1 is 0.815 bits per heavy atom. The smallest absolute Gasteiger partial charge is 0.351 e. The van der Waals surface area contributed by atoms with Crippen LogP contribution in [0.2, 0.25) is 0 Å². The van der Waals surface area contributed by atoms with Gasteiger partial charge in [-0.2, -0.15) is 0 Å². The van der Waals surface area contributed by atoms with Crippen LogP contribution in [-0.4, -0.2) is 57.9 Å². The van der Waals surface area contributed by atoms with E-state index in [0.29, 0.717) is 5.56 Å². The van der Waals surface area contributed by atoms with E-state index in [4.69, 9.17) is 23.7 Å². The van der Waals surface area contributed by atoms with Crippen LogP contribution < -0.4 is 0 Å². The highest BCUT2D eigenvalue weighted by Crippen LogP contribution is 2.50. The van der Waals surface area contributed by atoms with E-state index >= 15 is 0 Å². The van der Waals surface area contributed by atoms with Crippen molar-refractivity contribution < 1.29 is 42.9 Å². The molecule has 9 nitrogen and oxygen atoms in total. The zero-order valence-corrected chi connectivity index (χ0v) is 15.3. The van der Waals surface area contributed by atoms with Gasteiger partial charge >= 0.3 is 23.9 Å². The van der Waals surface area contributed by atoms with Gasteiger partial charge in [0.05, 0.1) is 34.5 Å². The molecule has 0 spiro atoms. The number of benzene rings is 1. The Balaban J connectivity index is 2.75. The minimum absolute atomic E-state index is 0.455. The molecule has 1 fully saturated rings. The van der Waals surface area contributed by atoms with Gasteiger partial charge in [0.15, 0.2) is 0 Å². The predicted octanol–water partition coefficient (Wildman–Crippen LogP) is 0.421. The third-order valence-corrected chi connectivity index (χ3v) is 4.47. The van der Waals surface area contributed by atoms with Gasteiger partial charge in [-0.05, 0) is 5.56 Å².